The molecule has 1 aromatic carbocycles. The van der Waals surface area contributed by atoms with Gasteiger partial charge in [0.2, 0.25) is 0 Å². The molecule has 1 fully saturated rings. The molecule has 0 saturated carbocycles. The molecule has 0 radical (unpaired) electrons. The SMILES string of the molecule is O=Cc1c(Cl)nc(-c2ccccc2)nc1N1CCOCC1. The molecule has 0 N–H and O–H groups in total. The van der Waals surface area contributed by atoms with Crippen LogP contribution in [0, 0.1) is 0 Å². The van der Waals surface area contributed by atoms with E-state index in [1.54, 1.807) is 0 Å². The fourth-order valence-electron chi connectivity index (χ4n) is 2.26. The van der Waals surface area contributed by atoms with Gasteiger partial charge in [0.25, 0.3) is 0 Å². The minimum absolute atomic E-state index is 0.181. The Bertz CT molecular complexity index is 643. The first-order chi connectivity index (χ1) is 10.3. The van der Waals surface area contributed by atoms with Crippen molar-refractivity contribution in [1.29, 1.82) is 0 Å². The number of ether oxygens (including phenoxy) is 1. The standard InChI is InChI=1S/C15H14ClN3O2/c16-13-12(10-20)15(19-6-8-21-9-7-19)18-14(17-13)11-4-2-1-3-5-11/h1-5,10H,6-9H2. The molecule has 108 valence electrons. The average molecular weight is 304 g/mol. The van der Waals surface area contributed by atoms with Gasteiger partial charge in [-0.2, -0.15) is 0 Å². The highest BCUT2D eigenvalue weighted by atomic mass is 35.5. The number of hydrogen-bond acceptors (Lipinski definition) is 5. The van der Waals surface area contributed by atoms with Crippen LogP contribution in [-0.2, 0) is 4.74 Å². The van der Waals surface area contributed by atoms with E-state index in [0.717, 1.165) is 5.56 Å². The maximum absolute atomic E-state index is 11.3. The molecular formula is C15H14ClN3O2. The van der Waals surface area contributed by atoms with E-state index in [1.807, 2.05) is 35.2 Å². The predicted octanol–water partition coefficient (Wildman–Crippen LogP) is 2.45. The number of carbonyl (C=O) groups excluding carboxylic acids is 1. The van der Waals surface area contributed by atoms with Crippen molar-refractivity contribution in [1.82, 2.24) is 9.97 Å². The Labute approximate surface area is 127 Å². The van der Waals surface area contributed by atoms with E-state index < -0.39 is 0 Å². The summed E-state index contributed by atoms with van der Waals surface area (Å²) in [5, 5.41) is 0.181. The minimum atomic E-state index is 0.181. The molecule has 1 aliphatic heterocycles. The summed E-state index contributed by atoms with van der Waals surface area (Å²) in [6.07, 6.45) is 0.710. The van der Waals surface area contributed by atoms with Crippen LogP contribution in [0.5, 0.6) is 0 Å². The van der Waals surface area contributed by atoms with Crippen molar-refractivity contribution in [2.75, 3.05) is 31.2 Å². The normalized spacial score (nSPS) is 15.0. The Morgan fingerprint density at radius 2 is 1.86 bits per heavy atom. The molecule has 0 bridgehead atoms. The molecule has 1 aliphatic rings. The monoisotopic (exact) mass is 303 g/mol. The maximum atomic E-state index is 11.3. The van der Waals surface area contributed by atoms with Crippen molar-refractivity contribution in [2.45, 2.75) is 0 Å². The van der Waals surface area contributed by atoms with Crippen LogP contribution in [0.15, 0.2) is 30.3 Å². The van der Waals surface area contributed by atoms with Crippen LogP contribution < -0.4 is 4.90 Å². The first-order valence-electron chi connectivity index (χ1n) is 6.70. The zero-order chi connectivity index (χ0) is 14.7. The Hall–Kier alpha value is -1.98. The zero-order valence-corrected chi connectivity index (χ0v) is 12.1. The van der Waals surface area contributed by atoms with E-state index in [4.69, 9.17) is 16.3 Å². The Kier molecular flexibility index (Phi) is 4.13. The Morgan fingerprint density at radius 1 is 1.14 bits per heavy atom. The van der Waals surface area contributed by atoms with E-state index in [-0.39, 0.29) is 5.15 Å². The number of aldehydes is 1. The highest BCUT2D eigenvalue weighted by Crippen LogP contribution is 2.27. The van der Waals surface area contributed by atoms with E-state index >= 15 is 0 Å². The van der Waals surface area contributed by atoms with Gasteiger partial charge in [0, 0.05) is 18.7 Å². The molecule has 5 nitrogen and oxygen atoms in total. The van der Waals surface area contributed by atoms with Gasteiger partial charge in [0.05, 0.1) is 18.8 Å². The number of morpholine rings is 1. The number of rotatable bonds is 3. The van der Waals surface area contributed by atoms with Gasteiger partial charge in [-0.3, -0.25) is 4.79 Å². The number of halogens is 1. The summed E-state index contributed by atoms with van der Waals surface area (Å²) in [5.74, 6) is 1.10. The molecule has 1 saturated heterocycles. The quantitative estimate of drug-likeness (QED) is 0.644. The van der Waals surface area contributed by atoms with Crippen molar-refractivity contribution in [2.24, 2.45) is 0 Å². The van der Waals surface area contributed by atoms with Crippen molar-refractivity contribution in [3.8, 4) is 11.4 Å². The van der Waals surface area contributed by atoms with Crippen LogP contribution in [0.1, 0.15) is 10.4 Å². The second kappa shape index (κ2) is 6.20. The van der Waals surface area contributed by atoms with Crippen molar-refractivity contribution in [3.05, 3.63) is 41.0 Å². The summed E-state index contributed by atoms with van der Waals surface area (Å²) >= 11 is 6.16. The van der Waals surface area contributed by atoms with Gasteiger partial charge in [-0.1, -0.05) is 41.9 Å². The van der Waals surface area contributed by atoms with E-state index in [0.29, 0.717) is 49.8 Å². The molecule has 0 amide bonds. The van der Waals surface area contributed by atoms with Crippen LogP contribution in [0.25, 0.3) is 11.4 Å². The molecule has 2 heterocycles. The molecule has 6 heteroatoms. The van der Waals surface area contributed by atoms with Crippen molar-refractivity contribution >= 4 is 23.7 Å². The second-order valence-corrected chi connectivity index (χ2v) is 5.02. The lowest BCUT2D eigenvalue weighted by Gasteiger charge is -2.29. The summed E-state index contributed by atoms with van der Waals surface area (Å²) in [4.78, 5) is 22.1. The van der Waals surface area contributed by atoms with Gasteiger partial charge in [0.15, 0.2) is 12.1 Å². The predicted molar refractivity (Wildman–Crippen MR) is 80.9 cm³/mol. The largest absolute Gasteiger partial charge is 0.378 e. The first-order valence-corrected chi connectivity index (χ1v) is 7.08. The lowest BCUT2D eigenvalue weighted by molar-refractivity contribution is 0.111. The number of nitrogens with zero attached hydrogens (tertiary/aromatic N) is 3. The van der Waals surface area contributed by atoms with Crippen molar-refractivity contribution < 1.29 is 9.53 Å². The summed E-state index contributed by atoms with van der Waals surface area (Å²) in [6.45, 7) is 2.59. The molecular weight excluding hydrogens is 290 g/mol. The summed E-state index contributed by atoms with van der Waals surface area (Å²) in [5.41, 5.74) is 1.20. The summed E-state index contributed by atoms with van der Waals surface area (Å²) in [7, 11) is 0. The number of benzene rings is 1. The lowest BCUT2D eigenvalue weighted by atomic mass is 10.2. The average Bonchev–Trinajstić information content (AvgIpc) is 2.55. The van der Waals surface area contributed by atoms with Gasteiger partial charge in [0.1, 0.15) is 11.0 Å². The number of anilines is 1. The van der Waals surface area contributed by atoms with Gasteiger partial charge < -0.3 is 9.64 Å². The van der Waals surface area contributed by atoms with Crippen LogP contribution in [0.4, 0.5) is 5.82 Å². The zero-order valence-electron chi connectivity index (χ0n) is 11.3. The summed E-state index contributed by atoms with van der Waals surface area (Å²) in [6, 6.07) is 9.57. The molecule has 0 unspecified atom stereocenters. The van der Waals surface area contributed by atoms with E-state index in [1.165, 1.54) is 0 Å². The van der Waals surface area contributed by atoms with Gasteiger partial charge in [-0.05, 0) is 0 Å². The number of carbonyl (C=O) groups is 1. The lowest BCUT2D eigenvalue weighted by Crippen LogP contribution is -2.37. The molecule has 1 aromatic heterocycles. The van der Waals surface area contributed by atoms with Crippen LogP contribution in [0.2, 0.25) is 5.15 Å². The van der Waals surface area contributed by atoms with Crippen LogP contribution in [0.3, 0.4) is 0 Å². The smallest absolute Gasteiger partial charge is 0.163 e. The minimum Gasteiger partial charge on any atom is -0.378 e. The topological polar surface area (TPSA) is 55.3 Å². The highest BCUT2D eigenvalue weighted by Gasteiger charge is 2.20. The molecule has 0 aliphatic carbocycles. The molecule has 21 heavy (non-hydrogen) atoms. The second-order valence-electron chi connectivity index (χ2n) is 4.66. The third-order valence-corrected chi connectivity index (χ3v) is 3.63. The Balaban J connectivity index is 2.08. The van der Waals surface area contributed by atoms with Gasteiger partial charge in [-0.25, -0.2) is 9.97 Å². The number of aromatic nitrogens is 2. The third kappa shape index (κ3) is 2.89. The molecule has 3 rings (SSSR count). The maximum Gasteiger partial charge on any atom is 0.163 e. The van der Waals surface area contributed by atoms with Gasteiger partial charge in [-0.15, -0.1) is 0 Å². The third-order valence-electron chi connectivity index (χ3n) is 3.34. The first kappa shape index (κ1) is 14.0. The Morgan fingerprint density at radius 3 is 2.52 bits per heavy atom. The fourth-order valence-corrected chi connectivity index (χ4v) is 2.47. The van der Waals surface area contributed by atoms with Gasteiger partial charge >= 0.3 is 0 Å². The summed E-state index contributed by atoms with van der Waals surface area (Å²) < 4.78 is 5.33. The fraction of sp³-hybridized carbons (Fsp3) is 0.267. The molecule has 2 aromatic rings. The highest BCUT2D eigenvalue weighted by molar-refractivity contribution is 6.32. The molecule has 0 atom stereocenters. The number of hydrogen-bond donors (Lipinski definition) is 0. The molecule has 0 spiro atoms. The van der Waals surface area contributed by atoms with Crippen LogP contribution >= 0.6 is 11.6 Å². The van der Waals surface area contributed by atoms with E-state index in [2.05, 4.69) is 9.97 Å². The van der Waals surface area contributed by atoms with Crippen molar-refractivity contribution in [3.63, 3.8) is 0 Å². The van der Waals surface area contributed by atoms with Crippen LogP contribution in [-0.4, -0.2) is 42.6 Å². The van der Waals surface area contributed by atoms with E-state index in [9.17, 15) is 4.79 Å².